The first kappa shape index (κ1) is 22.2. The van der Waals surface area contributed by atoms with Crippen LogP contribution >= 0.6 is 12.4 Å². The molecule has 2 aromatic heterocycles. The average Bonchev–Trinajstić information content (AvgIpc) is 3.46. The van der Waals surface area contributed by atoms with Gasteiger partial charge in [0.2, 0.25) is 11.7 Å². The van der Waals surface area contributed by atoms with E-state index < -0.39 is 0 Å². The molecule has 0 unspecified atom stereocenters. The summed E-state index contributed by atoms with van der Waals surface area (Å²) in [5.41, 5.74) is 7.89. The number of aryl methyl sites for hydroxylation is 1. The summed E-state index contributed by atoms with van der Waals surface area (Å²) in [5, 5.41) is 13.1. The molecule has 162 valence electrons. The molecule has 1 fully saturated rings. The minimum atomic E-state index is -0.0966. The van der Waals surface area contributed by atoms with Crippen LogP contribution in [0.5, 0.6) is 0 Å². The number of aromatic nitrogens is 3. The monoisotopic (exact) mass is 430 g/mol. The van der Waals surface area contributed by atoms with E-state index in [9.17, 15) is 0 Å². The Kier molecular flexibility index (Phi) is 7.37. The zero-order valence-electron chi connectivity index (χ0n) is 17.5. The Bertz CT molecular complexity index is 981. The van der Waals surface area contributed by atoms with Gasteiger partial charge >= 0.3 is 0 Å². The number of rotatable bonds is 8. The molecule has 1 saturated heterocycles. The second-order valence-corrected chi connectivity index (χ2v) is 7.85. The van der Waals surface area contributed by atoms with E-state index in [1.807, 2.05) is 11.0 Å². The Morgan fingerprint density at radius 2 is 2.07 bits per heavy atom. The number of halogens is 1. The highest BCUT2D eigenvalue weighted by molar-refractivity contribution is 5.93. The van der Waals surface area contributed by atoms with Crippen molar-refractivity contribution in [3.8, 4) is 11.4 Å². The highest BCUT2D eigenvalue weighted by atomic mass is 35.5. The van der Waals surface area contributed by atoms with E-state index in [0.717, 1.165) is 36.9 Å². The molecule has 0 amide bonds. The summed E-state index contributed by atoms with van der Waals surface area (Å²) in [7, 11) is 0. The predicted octanol–water partition coefficient (Wildman–Crippen LogP) is 5.11. The number of benzene rings is 1. The zero-order valence-corrected chi connectivity index (χ0v) is 18.3. The minimum absolute atomic E-state index is 0. The van der Waals surface area contributed by atoms with Crippen molar-refractivity contribution in [1.29, 1.82) is 5.41 Å². The van der Waals surface area contributed by atoms with Crippen molar-refractivity contribution in [2.45, 2.75) is 64.5 Å². The van der Waals surface area contributed by atoms with Crippen LogP contribution in [0.2, 0.25) is 0 Å². The topological polar surface area (TPSA) is 97.0 Å². The van der Waals surface area contributed by atoms with Crippen molar-refractivity contribution >= 4 is 29.3 Å². The Morgan fingerprint density at radius 1 is 1.23 bits per heavy atom. The molecule has 3 heterocycles. The normalized spacial score (nSPS) is 16.2. The molecule has 1 aliphatic heterocycles. The minimum Gasteiger partial charge on any atom is -0.370 e. The Labute approximate surface area is 183 Å². The summed E-state index contributed by atoms with van der Waals surface area (Å²) in [5.74, 6) is 1.20. The van der Waals surface area contributed by atoms with Crippen LogP contribution in [0.3, 0.4) is 0 Å². The van der Waals surface area contributed by atoms with Gasteiger partial charge in [0.05, 0.1) is 0 Å². The van der Waals surface area contributed by atoms with Gasteiger partial charge in [-0.05, 0) is 31.4 Å². The summed E-state index contributed by atoms with van der Waals surface area (Å²) < 4.78 is 7.90. The summed E-state index contributed by atoms with van der Waals surface area (Å²) in [6.07, 6.45) is 10.4. The number of nitrogens with zero attached hydrogens (tertiary/aromatic N) is 4. The highest BCUT2D eigenvalue weighted by Crippen LogP contribution is 2.33. The number of guanidine groups is 1. The maximum absolute atomic E-state index is 7.76. The number of nitrogens with two attached hydrogens (primary N) is 1. The lowest BCUT2D eigenvalue weighted by Crippen LogP contribution is -2.35. The number of hydrogen-bond acceptors (Lipinski definition) is 4. The van der Waals surface area contributed by atoms with Crippen molar-refractivity contribution in [1.82, 2.24) is 19.6 Å². The van der Waals surface area contributed by atoms with Crippen LogP contribution in [-0.4, -0.2) is 32.1 Å². The number of hydrogen-bond donors (Lipinski definition) is 2. The van der Waals surface area contributed by atoms with Crippen molar-refractivity contribution < 1.29 is 4.52 Å². The van der Waals surface area contributed by atoms with Gasteiger partial charge in [-0.15, -0.1) is 12.4 Å². The van der Waals surface area contributed by atoms with Crippen LogP contribution in [0.4, 0.5) is 0 Å². The van der Waals surface area contributed by atoms with Crippen LogP contribution < -0.4 is 5.73 Å². The largest absolute Gasteiger partial charge is 0.370 e. The summed E-state index contributed by atoms with van der Waals surface area (Å²) in [6.45, 7) is 4.03. The molecular formula is C22H31ClN6O. The van der Waals surface area contributed by atoms with Crippen LogP contribution in [-0.2, 0) is 6.54 Å². The Morgan fingerprint density at radius 3 is 2.87 bits per heavy atom. The first-order valence-electron chi connectivity index (χ1n) is 10.7. The first-order chi connectivity index (χ1) is 14.2. The smallest absolute Gasteiger partial charge is 0.249 e. The van der Waals surface area contributed by atoms with Crippen LogP contribution in [0.1, 0.15) is 63.8 Å². The van der Waals surface area contributed by atoms with E-state index in [2.05, 4.69) is 46.0 Å². The summed E-state index contributed by atoms with van der Waals surface area (Å²) >= 11 is 0. The molecule has 1 aromatic carbocycles. The number of nitrogens with one attached hydrogen (secondary N) is 1. The van der Waals surface area contributed by atoms with E-state index in [4.69, 9.17) is 15.7 Å². The standard InChI is InChI=1S/C22H30N6O.ClH/c1-2-3-4-5-6-13-27-15-12-16-17(9-7-10-18(16)27)20-25-21(29-26-20)19-11-8-14-28(19)22(23)24;/h7,9-10,12,15,19H,2-6,8,11,13-14H2,1H3,(H3,23,24);1H/t19-;/m0./s1. The van der Waals surface area contributed by atoms with Gasteiger partial charge in [-0.2, -0.15) is 4.98 Å². The van der Waals surface area contributed by atoms with Gasteiger partial charge in [-0.3, -0.25) is 5.41 Å². The Hall–Kier alpha value is -2.54. The van der Waals surface area contributed by atoms with Crippen molar-refractivity contribution in [3.05, 3.63) is 36.4 Å². The van der Waals surface area contributed by atoms with Gasteiger partial charge in [-0.1, -0.05) is 49.9 Å². The number of unbranched alkanes of at least 4 members (excludes halogenated alkanes) is 4. The highest BCUT2D eigenvalue weighted by Gasteiger charge is 2.31. The van der Waals surface area contributed by atoms with E-state index in [1.165, 1.54) is 37.6 Å². The molecule has 3 N–H and O–H groups in total. The van der Waals surface area contributed by atoms with Crippen molar-refractivity contribution in [2.24, 2.45) is 5.73 Å². The van der Waals surface area contributed by atoms with Gasteiger partial charge in [0.1, 0.15) is 6.04 Å². The van der Waals surface area contributed by atoms with Crippen LogP contribution in [0.25, 0.3) is 22.3 Å². The summed E-state index contributed by atoms with van der Waals surface area (Å²) in [4.78, 5) is 6.50. The second-order valence-electron chi connectivity index (χ2n) is 7.85. The van der Waals surface area contributed by atoms with E-state index in [-0.39, 0.29) is 24.4 Å². The molecule has 0 radical (unpaired) electrons. The third kappa shape index (κ3) is 4.46. The van der Waals surface area contributed by atoms with Crippen molar-refractivity contribution in [3.63, 3.8) is 0 Å². The molecule has 1 atom stereocenters. The van der Waals surface area contributed by atoms with Crippen LogP contribution in [0.15, 0.2) is 35.0 Å². The molecule has 30 heavy (non-hydrogen) atoms. The third-order valence-electron chi connectivity index (χ3n) is 5.85. The lowest BCUT2D eigenvalue weighted by atomic mass is 10.1. The Balaban J connectivity index is 0.00000256. The SMILES string of the molecule is CCCCCCCn1ccc2c(-c3noc([C@@H]4CCCN4C(=N)N)n3)cccc21.Cl. The molecule has 7 nitrogen and oxygen atoms in total. The fourth-order valence-corrected chi connectivity index (χ4v) is 4.29. The summed E-state index contributed by atoms with van der Waals surface area (Å²) in [6, 6.07) is 8.30. The maximum Gasteiger partial charge on any atom is 0.249 e. The van der Waals surface area contributed by atoms with E-state index >= 15 is 0 Å². The quantitative estimate of drug-likeness (QED) is 0.294. The number of likely N-dealkylation sites (tertiary alicyclic amines) is 1. The maximum atomic E-state index is 7.76. The van der Waals surface area contributed by atoms with Gasteiger partial charge in [0.25, 0.3) is 0 Å². The number of fused-ring (bicyclic) bond motifs is 1. The zero-order chi connectivity index (χ0) is 20.2. The predicted molar refractivity (Wildman–Crippen MR) is 122 cm³/mol. The molecule has 8 heteroatoms. The molecule has 1 aliphatic rings. The van der Waals surface area contributed by atoms with Gasteiger partial charge in [-0.25, -0.2) is 0 Å². The van der Waals surface area contributed by atoms with E-state index in [1.54, 1.807) is 0 Å². The lowest BCUT2D eigenvalue weighted by Gasteiger charge is -2.21. The van der Waals surface area contributed by atoms with Gasteiger partial charge in [0, 0.05) is 35.8 Å². The molecule has 0 saturated carbocycles. The molecule has 0 spiro atoms. The molecule has 0 bridgehead atoms. The molecule has 4 rings (SSSR count). The molecule has 0 aliphatic carbocycles. The van der Waals surface area contributed by atoms with Crippen molar-refractivity contribution in [2.75, 3.05) is 6.54 Å². The first-order valence-corrected chi connectivity index (χ1v) is 10.7. The molecular weight excluding hydrogens is 400 g/mol. The van der Waals surface area contributed by atoms with Gasteiger partial charge < -0.3 is 19.7 Å². The second kappa shape index (κ2) is 9.98. The average molecular weight is 431 g/mol. The molecule has 3 aromatic rings. The lowest BCUT2D eigenvalue weighted by molar-refractivity contribution is 0.283. The fraction of sp³-hybridized carbons (Fsp3) is 0.500. The third-order valence-corrected chi connectivity index (χ3v) is 5.85. The van der Waals surface area contributed by atoms with Crippen LogP contribution in [0, 0.1) is 5.41 Å². The fourth-order valence-electron chi connectivity index (χ4n) is 4.29. The van der Waals surface area contributed by atoms with E-state index in [0.29, 0.717) is 11.7 Å². The van der Waals surface area contributed by atoms with Gasteiger partial charge in [0.15, 0.2) is 5.96 Å².